The lowest BCUT2D eigenvalue weighted by Gasteiger charge is -2.10. The highest BCUT2D eigenvalue weighted by Gasteiger charge is 2.14. The summed E-state index contributed by atoms with van der Waals surface area (Å²) >= 11 is 2.83. The van der Waals surface area contributed by atoms with Crippen LogP contribution in [0.2, 0.25) is 0 Å². The van der Waals surface area contributed by atoms with Crippen molar-refractivity contribution in [3.63, 3.8) is 0 Å². The molecule has 0 aliphatic rings. The SMILES string of the molecule is CCOc1ccc(Oc2cc(NC(=O)CSc3nc4ccccc4s3)cc([N+](=O)[O-])c2)cc1. The molecule has 168 valence electrons. The van der Waals surface area contributed by atoms with Gasteiger partial charge in [0.05, 0.1) is 39.3 Å². The number of aromatic nitrogens is 1. The number of thioether (sulfide) groups is 1. The van der Waals surface area contributed by atoms with Gasteiger partial charge in [-0.1, -0.05) is 23.9 Å². The molecule has 4 aromatic rings. The maximum atomic E-state index is 12.5. The van der Waals surface area contributed by atoms with Crippen LogP contribution < -0.4 is 14.8 Å². The topological polar surface area (TPSA) is 104 Å². The van der Waals surface area contributed by atoms with E-state index in [0.717, 1.165) is 14.6 Å². The van der Waals surface area contributed by atoms with Crippen LogP contribution in [-0.4, -0.2) is 28.2 Å². The minimum Gasteiger partial charge on any atom is -0.494 e. The third-order valence-corrected chi connectivity index (χ3v) is 6.54. The lowest BCUT2D eigenvalue weighted by Crippen LogP contribution is -2.14. The van der Waals surface area contributed by atoms with Crippen molar-refractivity contribution >= 4 is 50.6 Å². The molecule has 0 atom stereocenters. The Morgan fingerprint density at radius 3 is 2.58 bits per heavy atom. The van der Waals surface area contributed by atoms with Crippen LogP contribution in [0.25, 0.3) is 10.2 Å². The molecule has 0 saturated heterocycles. The lowest BCUT2D eigenvalue weighted by molar-refractivity contribution is -0.384. The van der Waals surface area contributed by atoms with E-state index >= 15 is 0 Å². The van der Waals surface area contributed by atoms with Gasteiger partial charge >= 0.3 is 0 Å². The molecule has 0 aliphatic heterocycles. The van der Waals surface area contributed by atoms with Gasteiger partial charge in [-0.05, 0) is 43.3 Å². The highest BCUT2D eigenvalue weighted by atomic mass is 32.2. The van der Waals surface area contributed by atoms with Crippen LogP contribution in [0.1, 0.15) is 6.92 Å². The average molecular weight is 482 g/mol. The van der Waals surface area contributed by atoms with Crippen LogP contribution in [0.15, 0.2) is 71.1 Å². The van der Waals surface area contributed by atoms with Crippen LogP contribution in [-0.2, 0) is 4.79 Å². The number of nitrogens with zero attached hydrogens (tertiary/aromatic N) is 2. The van der Waals surface area contributed by atoms with E-state index in [0.29, 0.717) is 18.1 Å². The Hall–Kier alpha value is -3.63. The molecule has 1 aromatic heterocycles. The Morgan fingerprint density at radius 2 is 1.85 bits per heavy atom. The number of para-hydroxylation sites is 1. The quantitative estimate of drug-likeness (QED) is 0.174. The van der Waals surface area contributed by atoms with Crippen LogP contribution in [0.5, 0.6) is 17.2 Å². The molecule has 8 nitrogen and oxygen atoms in total. The van der Waals surface area contributed by atoms with Crippen molar-refractivity contribution in [2.24, 2.45) is 0 Å². The summed E-state index contributed by atoms with van der Waals surface area (Å²) < 4.78 is 13.0. The van der Waals surface area contributed by atoms with E-state index in [1.807, 2.05) is 31.2 Å². The second kappa shape index (κ2) is 10.3. The second-order valence-corrected chi connectivity index (χ2v) is 9.02. The normalized spacial score (nSPS) is 10.7. The molecule has 0 unspecified atom stereocenters. The summed E-state index contributed by atoms with van der Waals surface area (Å²) in [4.78, 5) is 27.8. The molecule has 1 N–H and O–H groups in total. The van der Waals surface area contributed by atoms with E-state index in [1.54, 1.807) is 30.3 Å². The van der Waals surface area contributed by atoms with Gasteiger partial charge in [0, 0.05) is 12.1 Å². The van der Waals surface area contributed by atoms with Gasteiger partial charge in [0.2, 0.25) is 5.91 Å². The highest BCUT2D eigenvalue weighted by molar-refractivity contribution is 8.01. The lowest BCUT2D eigenvalue weighted by atomic mass is 10.2. The number of non-ortho nitro benzene ring substituents is 1. The van der Waals surface area contributed by atoms with Crippen molar-refractivity contribution in [2.45, 2.75) is 11.3 Å². The van der Waals surface area contributed by atoms with Crippen LogP contribution in [0, 0.1) is 10.1 Å². The van der Waals surface area contributed by atoms with Gasteiger partial charge in [-0.3, -0.25) is 14.9 Å². The smallest absolute Gasteiger partial charge is 0.275 e. The first-order chi connectivity index (χ1) is 16.0. The number of benzene rings is 3. The Morgan fingerprint density at radius 1 is 1.09 bits per heavy atom. The number of fused-ring (bicyclic) bond motifs is 1. The predicted molar refractivity (Wildman–Crippen MR) is 130 cm³/mol. The first kappa shape index (κ1) is 22.6. The van der Waals surface area contributed by atoms with Gasteiger partial charge in [0.1, 0.15) is 17.2 Å². The molecule has 0 bridgehead atoms. The summed E-state index contributed by atoms with van der Waals surface area (Å²) in [6, 6.07) is 18.8. The Balaban J connectivity index is 1.44. The number of thiazole rings is 1. The van der Waals surface area contributed by atoms with Gasteiger partial charge < -0.3 is 14.8 Å². The number of hydrogen-bond donors (Lipinski definition) is 1. The zero-order valence-electron chi connectivity index (χ0n) is 17.5. The fourth-order valence-electron chi connectivity index (χ4n) is 2.96. The van der Waals surface area contributed by atoms with E-state index in [9.17, 15) is 14.9 Å². The molecule has 0 spiro atoms. The number of nitrogens with one attached hydrogen (secondary N) is 1. The fourth-order valence-corrected chi connectivity index (χ4v) is 4.83. The number of hydrogen-bond acceptors (Lipinski definition) is 8. The molecule has 1 heterocycles. The zero-order chi connectivity index (χ0) is 23.2. The van der Waals surface area contributed by atoms with Gasteiger partial charge in [-0.25, -0.2) is 4.98 Å². The van der Waals surface area contributed by atoms with Crippen molar-refractivity contribution < 1.29 is 19.2 Å². The number of rotatable bonds is 9. The van der Waals surface area contributed by atoms with Crippen molar-refractivity contribution in [3.8, 4) is 17.2 Å². The Labute approximate surface area is 197 Å². The molecule has 4 rings (SSSR count). The summed E-state index contributed by atoms with van der Waals surface area (Å²) in [5.41, 5.74) is 0.979. The van der Waals surface area contributed by atoms with Crippen molar-refractivity contribution in [2.75, 3.05) is 17.7 Å². The largest absolute Gasteiger partial charge is 0.494 e. The summed E-state index contributed by atoms with van der Waals surface area (Å²) in [5.74, 6) is 1.25. The van der Waals surface area contributed by atoms with E-state index in [2.05, 4.69) is 10.3 Å². The molecular weight excluding hydrogens is 462 g/mol. The van der Waals surface area contributed by atoms with Crippen molar-refractivity contribution in [1.82, 2.24) is 4.98 Å². The zero-order valence-corrected chi connectivity index (χ0v) is 19.2. The molecule has 0 fully saturated rings. The molecule has 0 radical (unpaired) electrons. The molecule has 0 saturated carbocycles. The van der Waals surface area contributed by atoms with Crippen LogP contribution in [0.4, 0.5) is 11.4 Å². The van der Waals surface area contributed by atoms with Crippen molar-refractivity contribution in [1.29, 1.82) is 0 Å². The maximum absolute atomic E-state index is 12.5. The number of carbonyl (C=O) groups excluding carboxylic acids is 1. The number of ether oxygens (including phenoxy) is 2. The fraction of sp³-hybridized carbons (Fsp3) is 0.130. The van der Waals surface area contributed by atoms with E-state index < -0.39 is 4.92 Å². The monoisotopic (exact) mass is 481 g/mol. The number of carbonyl (C=O) groups is 1. The molecule has 0 aliphatic carbocycles. The molecule has 1 amide bonds. The molecule has 10 heteroatoms. The van der Waals surface area contributed by atoms with Crippen molar-refractivity contribution in [3.05, 3.63) is 76.8 Å². The third kappa shape index (κ3) is 5.99. The van der Waals surface area contributed by atoms with Gasteiger partial charge in [-0.2, -0.15) is 0 Å². The molecule has 33 heavy (non-hydrogen) atoms. The summed E-state index contributed by atoms with van der Waals surface area (Å²) in [6.45, 7) is 2.44. The summed E-state index contributed by atoms with van der Waals surface area (Å²) in [6.07, 6.45) is 0. The van der Waals surface area contributed by atoms with Gasteiger partial charge in [-0.15, -0.1) is 11.3 Å². The third-order valence-electron chi connectivity index (χ3n) is 4.36. The second-order valence-electron chi connectivity index (χ2n) is 6.76. The average Bonchev–Trinajstić information content (AvgIpc) is 3.22. The number of anilines is 1. The summed E-state index contributed by atoms with van der Waals surface area (Å²) in [7, 11) is 0. The van der Waals surface area contributed by atoms with E-state index in [1.165, 1.54) is 35.2 Å². The first-order valence-electron chi connectivity index (χ1n) is 9.98. The number of nitro groups is 1. The highest BCUT2D eigenvalue weighted by Crippen LogP contribution is 2.32. The minimum atomic E-state index is -0.531. The van der Waals surface area contributed by atoms with Crippen LogP contribution >= 0.6 is 23.1 Å². The van der Waals surface area contributed by atoms with E-state index in [4.69, 9.17) is 9.47 Å². The Bertz CT molecular complexity index is 1260. The predicted octanol–water partition coefficient (Wildman–Crippen LogP) is 6.13. The maximum Gasteiger partial charge on any atom is 0.275 e. The standard InChI is InChI=1S/C23H19N3O5S2/c1-2-30-17-7-9-18(10-8-17)31-19-12-15(11-16(13-19)26(28)29)24-22(27)14-32-23-25-20-5-3-4-6-21(20)33-23/h3-13H,2,14H2,1H3,(H,24,27). The molecular formula is C23H19N3O5S2. The molecule has 3 aromatic carbocycles. The van der Waals surface area contributed by atoms with Gasteiger partial charge in [0.15, 0.2) is 4.34 Å². The summed E-state index contributed by atoms with van der Waals surface area (Å²) in [5, 5.41) is 14.1. The number of amides is 1. The minimum absolute atomic E-state index is 0.123. The van der Waals surface area contributed by atoms with E-state index in [-0.39, 0.29) is 28.8 Å². The first-order valence-corrected chi connectivity index (χ1v) is 11.8. The van der Waals surface area contributed by atoms with Gasteiger partial charge in [0.25, 0.3) is 5.69 Å². The Kier molecular flexibility index (Phi) is 7.06. The van der Waals surface area contributed by atoms with Crippen LogP contribution in [0.3, 0.4) is 0 Å². The number of nitro benzene ring substituents is 1.